The van der Waals surface area contributed by atoms with Gasteiger partial charge in [0.05, 0.1) is 0 Å². The van der Waals surface area contributed by atoms with Crippen LogP contribution in [0.5, 0.6) is 0 Å². The van der Waals surface area contributed by atoms with Gasteiger partial charge in [0, 0.05) is 11.5 Å². The van der Waals surface area contributed by atoms with E-state index in [-0.39, 0.29) is 21.4 Å². The minimum absolute atomic E-state index is 0.00951. The van der Waals surface area contributed by atoms with Crippen molar-refractivity contribution in [2.45, 2.75) is 56.8 Å². The van der Waals surface area contributed by atoms with Crippen LogP contribution in [0.2, 0.25) is 0 Å². The van der Waals surface area contributed by atoms with Gasteiger partial charge in [-0.2, -0.15) is 0 Å². The number of anilines is 1. The maximum Gasteiger partial charge on any atom is 0.270 e. The lowest BCUT2D eigenvalue weighted by molar-refractivity contribution is -0.123. The van der Waals surface area contributed by atoms with Crippen molar-refractivity contribution in [3.05, 3.63) is 0 Å². The van der Waals surface area contributed by atoms with Crippen LogP contribution < -0.4 is 10.0 Å². The predicted octanol–water partition coefficient (Wildman–Crippen LogP) is 1.99. The van der Waals surface area contributed by atoms with Gasteiger partial charge < -0.3 is 5.32 Å². The normalized spacial score (nSPS) is 27.3. The Kier molecular flexibility index (Phi) is 4.22. The molecule has 1 aromatic heterocycles. The molecule has 128 valence electrons. The van der Waals surface area contributed by atoms with Crippen LogP contribution in [0.25, 0.3) is 0 Å². The molecule has 0 aromatic carbocycles. The van der Waals surface area contributed by atoms with Crippen LogP contribution in [0, 0.1) is 17.3 Å². The molecule has 3 unspecified atom stereocenters. The molecule has 7 nitrogen and oxygen atoms in total. The van der Waals surface area contributed by atoms with Crippen LogP contribution in [-0.2, 0) is 14.8 Å². The van der Waals surface area contributed by atoms with Gasteiger partial charge in [-0.1, -0.05) is 38.5 Å². The smallest absolute Gasteiger partial charge is 0.270 e. The first kappa shape index (κ1) is 16.8. The predicted molar refractivity (Wildman–Crippen MR) is 87.6 cm³/mol. The average Bonchev–Trinajstić information content (AvgIpc) is 3.12. The number of carbonyl (C=O) groups is 1. The largest absolute Gasteiger partial charge is 0.300 e. The highest BCUT2D eigenvalue weighted by atomic mass is 32.2. The van der Waals surface area contributed by atoms with Gasteiger partial charge in [0.1, 0.15) is 0 Å². The van der Waals surface area contributed by atoms with Gasteiger partial charge in [0.2, 0.25) is 15.4 Å². The highest BCUT2D eigenvalue weighted by Crippen LogP contribution is 2.44. The molecule has 0 spiro atoms. The zero-order valence-electron chi connectivity index (χ0n) is 13.5. The van der Waals surface area contributed by atoms with Crippen molar-refractivity contribution in [1.82, 2.24) is 14.9 Å². The van der Waals surface area contributed by atoms with Crippen molar-refractivity contribution in [3.63, 3.8) is 0 Å². The summed E-state index contributed by atoms with van der Waals surface area (Å²) in [6.07, 6.45) is 4.35. The van der Waals surface area contributed by atoms with Crippen LogP contribution >= 0.6 is 11.3 Å². The van der Waals surface area contributed by atoms with Crippen molar-refractivity contribution in [2.24, 2.45) is 17.3 Å². The summed E-state index contributed by atoms with van der Waals surface area (Å²) in [4.78, 5) is 11.9. The average molecular weight is 358 g/mol. The number of aromatic nitrogens is 2. The molecule has 1 heterocycles. The summed E-state index contributed by atoms with van der Waals surface area (Å²) in [5, 5.41) is 10.3. The molecule has 3 atom stereocenters. The first-order chi connectivity index (χ1) is 10.6. The van der Waals surface area contributed by atoms with E-state index in [1.165, 1.54) is 6.42 Å². The molecule has 0 aliphatic heterocycles. The Balaban J connectivity index is 1.68. The molecule has 2 bridgehead atoms. The van der Waals surface area contributed by atoms with Gasteiger partial charge in [0.15, 0.2) is 0 Å². The van der Waals surface area contributed by atoms with E-state index in [1.807, 2.05) is 0 Å². The van der Waals surface area contributed by atoms with E-state index in [2.05, 4.69) is 20.2 Å². The Morgan fingerprint density at radius 2 is 1.96 bits per heavy atom. The maximum absolute atomic E-state index is 12.4. The second-order valence-corrected chi connectivity index (χ2v) is 10.3. The molecule has 3 rings (SSSR count). The third-order valence-electron chi connectivity index (χ3n) is 4.58. The Morgan fingerprint density at radius 3 is 2.52 bits per heavy atom. The van der Waals surface area contributed by atoms with E-state index in [4.69, 9.17) is 0 Å². The number of hydrogen-bond acceptors (Lipinski definition) is 6. The topological polar surface area (TPSA) is 101 Å². The maximum atomic E-state index is 12.4. The lowest BCUT2D eigenvalue weighted by atomic mass is 9.96. The molecule has 2 fully saturated rings. The molecule has 2 aliphatic carbocycles. The summed E-state index contributed by atoms with van der Waals surface area (Å²) >= 11 is 0.883. The first-order valence-electron chi connectivity index (χ1n) is 7.82. The molecule has 9 heteroatoms. The fourth-order valence-corrected chi connectivity index (χ4v) is 5.52. The van der Waals surface area contributed by atoms with Crippen molar-refractivity contribution in [1.29, 1.82) is 0 Å². The highest BCUT2D eigenvalue weighted by Gasteiger charge is 2.41. The standard InChI is InChI=1S/C14H22N4O3S2/c1-14(2,3)11(19)15-12-16-17-13(22-12)23(20,21)18-10-7-8-4-5-9(10)6-8/h8-10,18H,4-7H2,1-3H3,(H,15,16,19). The Morgan fingerprint density at radius 1 is 1.22 bits per heavy atom. The molecule has 1 aromatic rings. The lowest BCUT2D eigenvalue weighted by Crippen LogP contribution is -2.38. The quantitative estimate of drug-likeness (QED) is 0.802. The van der Waals surface area contributed by atoms with Gasteiger partial charge in [0.25, 0.3) is 10.0 Å². The van der Waals surface area contributed by atoms with Crippen LogP contribution in [0.4, 0.5) is 5.13 Å². The molecular formula is C14H22N4O3S2. The van der Waals surface area contributed by atoms with Crippen molar-refractivity contribution in [2.75, 3.05) is 5.32 Å². The SMILES string of the molecule is CC(C)(C)C(=O)Nc1nnc(S(=O)(=O)NC2CC3CCC2C3)s1. The summed E-state index contributed by atoms with van der Waals surface area (Å²) in [6.45, 7) is 5.33. The number of sulfonamides is 1. The summed E-state index contributed by atoms with van der Waals surface area (Å²) < 4.78 is 27.6. The van der Waals surface area contributed by atoms with Crippen molar-refractivity contribution < 1.29 is 13.2 Å². The first-order valence-corrected chi connectivity index (χ1v) is 10.1. The number of amides is 1. The molecule has 2 aliphatic rings. The monoisotopic (exact) mass is 358 g/mol. The van der Waals surface area contributed by atoms with Gasteiger partial charge in [-0.05, 0) is 31.1 Å². The Hall–Kier alpha value is -1.06. The second kappa shape index (κ2) is 5.78. The number of fused-ring (bicyclic) bond motifs is 2. The van der Waals surface area contributed by atoms with E-state index in [1.54, 1.807) is 20.8 Å². The summed E-state index contributed by atoms with van der Waals surface area (Å²) in [7, 11) is -3.67. The second-order valence-electron chi connectivity index (χ2n) is 7.48. The number of nitrogens with one attached hydrogen (secondary N) is 2. The van der Waals surface area contributed by atoms with E-state index in [0.29, 0.717) is 11.8 Å². The molecular weight excluding hydrogens is 336 g/mol. The Bertz CT molecular complexity index is 708. The van der Waals surface area contributed by atoms with Gasteiger partial charge in [-0.3, -0.25) is 4.79 Å². The third-order valence-corrected chi connectivity index (χ3v) is 7.28. The van der Waals surface area contributed by atoms with Crippen LogP contribution in [0.1, 0.15) is 46.5 Å². The molecule has 2 N–H and O–H groups in total. The van der Waals surface area contributed by atoms with Crippen molar-refractivity contribution in [3.8, 4) is 0 Å². The third kappa shape index (κ3) is 3.56. The summed E-state index contributed by atoms with van der Waals surface area (Å²) in [5.74, 6) is 0.880. The van der Waals surface area contributed by atoms with Crippen LogP contribution in [0.3, 0.4) is 0 Å². The molecule has 1 amide bonds. The van der Waals surface area contributed by atoms with Crippen LogP contribution in [-0.4, -0.2) is 30.6 Å². The fraction of sp³-hybridized carbons (Fsp3) is 0.786. The number of rotatable bonds is 4. The van der Waals surface area contributed by atoms with E-state index >= 15 is 0 Å². The molecule has 2 saturated carbocycles. The van der Waals surface area contributed by atoms with Gasteiger partial charge >= 0.3 is 0 Å². The Labute approximate surface area is 140 Å². The lowest BCUT2D eigenvalue weighted by Gasteiger charge is -2.21. The van der Waals surface area contributed by atoms with E-state index < -0.39 is 15.4 Å². The van der Waals surface area contributed by atoms with Gasteiger partial charge in [-0.25, -0.2) is 13.1 Å². The zero-order chi connectivity index (χ0) is 16.8. The minimum Gasteiger partial charge on any atom is -0.300 e. The van der Waals surface area contributed by atoms with Crippen LogP contribution in [0.15, 0.2) is 4.34 Å². The summed E-state index contributed by atoms with van der Waals surface area (Å²) in [6, 6.07) is 0.00951. The number of hydrogen-bond donors (Lipinski definition) is 2. The fourth-order valence-electron chi connectivity index (χ4n) is 3.29. The minimum atomic E-state index is -3.67. The van der Waals surface area contributed by atoms with E-state index in [9.17, 15) is 13.2 Å². The molecule has 0 radical (unpaired) electrons. The highest BCUT2D eigenvalue weighted by molar-refractivity contribution is 7.91. The number of carbonyl (C=O) groups excluding carboxylic acids is 1. The number of nitrogens with zero attached hydrogens (tertiary/aromatic N) is 2. The van der Waals surface area contributed by atoms with Crippen molar-refractivity contribution >= 4 is 32.4 Å². The zero-order valence-corrected chi connectivity index (χ0v) is 15.1. The molecule has 23 heavy (non-hydrogen) atoms. The van der Waals surface area contributed by atoms with E-state index in [0.717, 1.165) is 30.6 Å². The van der Waals surface area contributed by atoms with Gasteiger partial charge in [-0.15, -0.1) is 10.2 Å². The molecule has 0 saturated heterocycles. The summed E-state index contributed by atoms with van der Waals surface area (Å²) in [5.41, 5.74) is -0.577.